The Balaban J connectivity index is 1.38. The van der Waals surface area contributed by atoms with Gasteiger partial charge in [0.2, 0.25) is 0 Å². The van der Waals surface area contributed by atoms with Crippen LogP contribution in [0.5, 0.6) is 11.5 Å². The van der Waals surface area contributed by atoms with Gasteiger partial charge in [0.15, 0.2) is 0 Å². The molecule has 2 aliphatic heterocycles. The third-order valence-corrected chi connectivity index (χ3v) is 6.53. The van der Waals surface area contributed by atoms with Crippen LogP contribution in [0.25, 0.3) is 0 Å². The predicted molar refractivity (Wildman–Crippen MR) is 127 cm³/mol. The van der Waals surface area contributed by atoms with Crippen molar-refractivity contribution in [3.8, 4) is 11.5 Å². The van der Waals surface area contributed by atoms with Crippen molar-refractivity contribution >= 4 is 17.4 Å². The quantitative estimate of drug-likeness (QED) is 0.734. The van der Waals surface area contributed by atoms with E-state index in [9.17, 15) is 4.79 Å². The molecule has 2 aromatic rings. The van der Waals surface area contributed by atoms with Crippen LogP contribution in [0.1, 0.15) is 43.0 Å². The van der Waals surface area contributed by atoms with Gasteiger partial charge in [0.05, 0.1) is 19.8 Å². The number of carbonyl (C=O) groups excluding carboxylic acids is 1. The molecule has 1 aromatic carbocycles. The average molecular weight is 439 g/mol. The van der Waals surface area contributed by atoms with Gasteiger partial charge in [-0.15, -0.1) is 0 Å². The molecule has 1 aromatic heterocycles. The predicted octanol–water partition coefficient (Wildman–Crippen LogP) is 4.05. The van der Waals surface area contributed by atoms with Gasteiger partial charge in [-0.2, -0.15) is 0 Å². The summed E-state index contributed by atoms with van der Waals surface area (Å²) in [7, 11) is 3.32. The second kappa shape index (κ2) is 10.1. The van der Waals surface area contributed by atoms with E-state index in [1.54, 1.807) is 20.4 Å². The average Bonchev–Trinajstić information content (AvgIpc) is 2.84. The molecule has 0 saturated carbocycles. The topological polar surface area (TPSA) is 66.9 Å². The van der Waals surface area contributed by atoms with E-state index >= 15 is 0 Å². The second-order valence-electron chi connectivity index (χ2n) is 8.91. The number of aromatic nitrogens is 1. The van der Waals surface area contributed by atoms with Crippen LogP contribution in [0.4, 0.5) is 11.5 Å². The van der Waals surface area contributed by atoms with E-state index in [2.05, 4.69) is 22.1 Å². The Morgan fingerprint density at radius 2 is 1.75 bits per heavy atom. The van der Waals surface area contributed by atoms with E-state index in [-0.39, 0.29) is 5.91 Å². The molecule has 32 heavy (non-hydrogen) atoms. The number of benzene rings is 1. The highest BCUT2D eigenvalue weighted by Crippen LogP contribution is 2.28. The van der Waals surface area contributed by atoms with Crippen LogP contribution < -0.4 is 19.7 Å². The molecule has 7 heteroatoms. The number of carbonyl (C=O) groups is 1. The van der Waals surface area contributed by atoms with Crippen LogP contribution in [0.15, 0.2) is 36.5 Å². The minimum Gasteiger partial charge on any atom is -0.497 e. The number of methoxy groups -OCH3 is 2. The zero-order valence-corrected chi connectivity index (χ0v) is 19.3. The van der Waals surface area contributed by atoms with Crippen molar-refractivity contribution in [2.45, 2.75) is 38.6 Å². The number of nitrogens with one attached hydrogen (secondary N) is 1. The van der Waals surface area contributed by atoms with Gasteiger partial charge in [-0.05, 0) is 43.7 Å². The molecule has 0 radical (unpaired) electrons. The van der Waals surface area contributed by atoms with Crippen LogP contribution in [0.3, 0.4) is 0 Å². The highest BCUT2D eigenvalue weighted by molar-refractivity contribution is 5.94. The fourth-order valence-electron chi connectivity index (χ4n) is 4.52. The van der Waals surface area contributed by atoms with Gasteiger partial charge in [-0.3, -0.25) is 4.79 Å². The molecule has 1 amide bonds. The van der Waals surface area contributed by atoms with Crippen molar-refractivity contribution in [2.24, 2.45) is 5.92 Å². The molecule has 0 spiro atoms. The van der Waals surface area contributed by atoms with Gasteiger partial charge in [-0.1, -0.05) is 6.92 Å². The molecule has 2 fully saturated rings. The Labute approximate surface area is 190 Å². The first-order valence-corrected chi connectivity index (χ1v) is 11.6. The highest BCUT2D eigenvalue weighted by Gasteiger charge is 2.24. The van der Waals surface area contributed by atoms with Crippen molar-refractivity contribution in [2.75, 3.05) is 50.6 Å². The summed E-state index contributed by atoms with van der Waals surface area (Å²) in [6.07, 6.45) is 6.06. The van der Waals surface area contributed by atoms with Crippen molar-refractivity contribution in [1.29, 1.82) is 0 Å². The number of rotatable bonds is 6. The first kappa shape index (κ1) is 22.2. The molecule has 7 nitrogen and oxygen atoms in total. The monoisotopic (exact) mass is 438 g/mol. The Morgan fingerprint density at radius 1 is 1.03 bits per heavy atom. The van der Waals surface area contributed by atoms with E-state index in [0.29, 0.717) is 17.5 Å². The molecule has 2 saturated heterocycles. The largest absolute Gasteiger partial charge is 0.497 e. The van der Waals surface area contributed by atoms with Gasteiger partial charge in [0.1, 0.15) is 17.3 Å². The minimum absolute atomic E-state index is 0.0982. The molecule has 1 N–H and O–H groups in total. The van der Waals surface area contributed by atoms with E-state index in [4.69, 9.17) is 9.47 Å². The zero-order chi connectivity index (χ0) is 22.5. The first-order chi connectivity index (χ1) is 15.6. The third-order valence-electron chi connectivity index (χ3n) is 6.53. The molecule has 0 bridgehead atoms. The summed E-state index contributed by atoms with van der Waals surface area (Å²) in [5.41, 5.74) is 1.66. The van der Waals surface area contributed by atoms with Crippen molar-refractivity contribution in [3.05, 3.63) is 42.1 Å². The van der Waals surface area contributed by atoms with Crippen LogP contribution in [0.2, 0.25) is 0 Å². The molecular weight excluding hydrogens is 404 g/mol. The van der Waals surface area contributed by atoms with Gasteiger partial charge < -0.3 is 24.6 Å². The van der Waals surface area contributed by atoms with Crippen LogP contribution in [-0.4, -0.2) is 62.2 Å². The molecule has 4 rings (SSSR count). The van der Waals surface area contributed by atoms with Gasteiger partial charge in [0.25, 0.3) is 5.91 Å². The summed E-state index contributed by atoms with van der Waals surface area (Å²) < 4.78 is 10.8. The lowest BCUT2D eigenvalue weighted by Gasteiger charge is -2.34. The van der Waals surface area contributed by atoms with E-state index in [1.165, 1.54) is 0 Å². The summed E-state index contributed by atoms with van der Waals surface area (Å²) in [5, 5.41) is 3.62. The van der Waals surface area contributed by atoms with Crippen LogP contribution in [-0.2, 0) is 0 Å². The summed E-state index contributed by atoms with van der Waals surface area (Å²) in [5.74, 6) is 3.26. The number of hydrogen-bond acceptors (Lipinski definition) is 6. The van der Waals surface area contributed by atoms with Crippen LogP contribution in [0, 0.1) is 5.92 Å². The van der Waals surface area contributed by atoms with Gasteiger partial charge in [-0.25, -0.2) is 4.98 Å². The van der Waals surface area contributed by atoms with Gasteiger partial charge in [0, 0.05) is 62.3 Å². The Bertz CT molecular complexity index is 888. The number of anilines is 2. The normalized spacial score (nSPS) is 19.5. The van der Waals surface area contributed by atoms with E-state index in [0.717, 1.165) is 74.9 Å². The minimum atomic E-state index is 0.0982. The number of piperidine rings is 2. The Hall–Kier alpha value is -2.96. The number of ether oxygens (including phenoxy) is 2. The number of pyridine rings is 1. The number of hydrogen-bond donors (Lipinski definition) is 1. The molecule has 3 heterocycles. The SMILES string of the molecule is COc1cc(NC2CCCN(c3ccc(C(=O)N4CCC(C)CC4)cn3)C2)cc(OC)c1. The maximum atomic E-state index is 12.8. The van der Waals surface area contributed by atoms with Gasteiger partial charge >= 0.3 is 0 Å². The number of amides is 1. The summed E-state index contributed by atoms with van der Waals surface area (Å²) in [4.78, 5) is 21.7. The van der Waals surface area contributed by atoms with Crippen LogP contribution >= 0.6 is 0 Å². The molecule has 172 valence electrons. The van der Waals surface area contributed by atoms with E-state index in [1.807, 2.05) is 35.2 Å². The standard InChI is InChI=1S/C25H34N4O3/c1-18-8-11-28(12-9-18)25(30)19-6-7-24(26-16-19)29-10-4-5-20(17-29)27-21-13-22(31-2)15-23(14-21)32-3/h6-7,13-16,18,20,27H,4-5,8-12,17H2,1-3H3. The number of likely N-dealkylation sites (tertiary alicyclic amines) is 1. The zero-order valence-electron chi connectivity index (χ0n) is 19.3. The lowest BCUT2D eigenvalue weighted by Crippen LogP contribution is -2.42. The molecule has 1 atom stereocenters. The maximum Gasteiger partial charge on any atom is 0.255 e. The van der Waals surface area contributed by atoms with Crippen molar-refractivity contribution < 1.29 is 14.3 Å². The first-order valence-electron chi connectivity index (χ1n) is 11.6. The third kappa shape index (κ3) is 5.26. The summed E-state index contributed by atoms with van der Waals surface area (Å²) >= 11 is 0. The Morgan fingerprint density at radius 3 is 2.38 bits per heavy atom. The van der Waals surface area contributed by atoms with E-state index < -0.39 is 0 Å². The molecule has 1 unspecified atom stereocenters. The van der Waals surface area contributed by atoms with Crippen molar-refractivity contribution in [1.82, 2.24) is 9.88 Å². The lowest BCUT2D eigenvalue weighted by atomic mass is 9.99. The number of nitrogens with zero attached hydrogens (tertiary/aromatic N) is 3. The Kier molecular flexibility index (Phi) is 7.02. The van der Waals surface area contributed by atoms with Crippen molar-refractivity contribution in [3.63, 3.8) is 0 Å². The fourth-order valence-corrected chi connectivity index (χ4v) is 4.52. The maximum absolute atomic E-state index is 12.8. The highest BCUT2D eigenvalue weighted by atomic mass is 16.5. The molecule has 0 aliphatic carbocycles. The molecular formula is C25H34N4O3. The fraction of sp³-hybridized carbons (Fsp3) is 0.520. The smallest absolute Gasteiger partial charge is 0.255 e. The molecule has 2 aliphatic rings. The summed E-state index contributed by atoms with van der Waals surface area (Å²) in [6, 6.07) is 10.0. The summed E-state index contributed by atoms with van der Waals surface area (Å²) in [6.45, 7) is 5.75. The lowest BCUT2D eigenvalue weighted by molar-refractivity contribution is 0.0697. The second-order valence-corrected chi connectivity index (χ2v) is 8.91.